The summed E-state index contributed by atoms with van der Waals surface area (Å²) in [7, 11) is 3.90. The first-order valence-corrected chi connectivity index (χ1v) is 21.0. The number of carbonyl (C=O) groups is 4. The van der Waals surface area contributed by atoms with Gasteiger partial charge in [-0.25, -0.2) is 0 Å². The third kappa shape index (κ3) is 7.74. The van der Waals surface area contributed by atoms with Crippen LogP contribution in [0.25, 0.3) is 11.0 Å². The first kappa shape index (κ1) is 38.6. The van der Waals surface area contributed by atoms with Gasteiger partial charge in [0.15, 0.2) is 11.4 Å². The number of methoxy groups -OCH3 is 1. The standard InChI is InChI=1S/C26H30N6O2S.C17H17N3O4/c1-30-11-7-26(8-12-30)17-31(18-26)20-5-3-6-21(15-20)35-29-25-24-22(33-2)13-19(14-23(24)34-28-25)16-32-10-4-9-27-32;21-14-6-5-13(15(22)18-14)20-16(23)11-4-3-10(9-12(11)17(20)24)19-7-1-2-8-19/h3-6,9-10,13-15H,7-8,11-12,16-18H2,1-2H3,(H,28,29);3-4,9,13H,1-2,5-8H2,(H,18,21,22). The van der Waals surface area contributed by atoms with Gasteiger partial charge >= 0.3 is 0 Å². The van der Waals surface area contributed by atoms with Crippen LogP contribution in [0.5, 0.6) is 5.75 Å². The summed E-state index contributed by atoms with van der Waals surface area (Å²) in [6.07, 6.45) is 8.86. The van der Waals surface area contributed by atoms with E-state index < -0.39 is 23.8 Å². The number of rotatable bonds is 9. The number of hydrogen-bond donors (Lipinski definition) is 2. The van der Waals surface area contributed by atoms with E-state index in [0.717, 1.165) is 71.2 Å². The van der Waals surface area contributed by atoms with Gasteiger partial charge in [0.05, 0.1) is 24.8 Å². The molecule has 0 radical (unpaired) electrons. The summed E-state index contributed by atoms with van der Waals surface area (Å²) in [4.78, 5) is 57.9. The number of carbonyl (C=O) groups excluding carboxylic acids is 4. The number of nitrogens with zero attached hydrogens (tertiary/aromatic N) is 7. The topological polar surface area (TPSA) is 158 Å². The Morgan fingerprint density at radius 3 is 2.44 bits per heavy atom. The van der Waals surface area contributed by atoms with E-state index in [1.54, 1.807) is 25.4 Å². The van der Waals surface area contributed by atoms with Gasteiger partial charge < -0.3 is 28.7 Å². The molecular weight excluding hydrogens is 771 g/mol. The first-order chi connectivity index (χ1) is 28.7. The maximum Gasteiger partial charge on any atom is 0.262 e. The molecule has 15 nitrogen and oxygen atoms in total. The second-order valence-electron chi connectivity index (χ2n) is 16.1. The van der Waals surface area contributed by atoms with Gasteiger partial charge in [-0.1, -0.05) is 11.2 Å². The van der Waals surface area contributed by atoms with Crippen LogP contribution in [0.15, 0.2) is 82.5 Å². The minimum absolute atomic E-state index is 0.128. The van der Waals surface area contributed by atoms with Crippen molar-refractivity contribution in [3.05, 3.63) is 89.7 Å². The summed E-state index contributed by atoms with van der Waals surface area (Å²) in [5.41, 5.74) is 5.12. The predicted molar refractivity (Wildman–Crippen MR) is 224 cm³/mol. The smallest absolute Gasteiger partial charge is 0.262 e. The summed E-state index contributed by atoms with van der Waals surface area (Å²) in [5, 5.41) is 11.6. The van der Waals surface area contributed by atoms with Crippen LogP contribution in [0.3, 0.4) is 0 Å². The van der Waals surface area contributed by atoms with Crippen molar-refractivity contribution in [1.82, 2.24) is 30.1 Å². The van der Waals surface area contributed by atoms with Crippen LogP contribution in [0.2, 0.25) is 0 Å². The lowest BCUT2D eigenvalue weighted by molar-refractivity contribution is -0.136. The molecular formula is C43H47N9O6S. The van der Waals surface area contributed by atoms with E-state index in [1.165, 1.54) is 43.6 Å². The summed E-state index contributed by atoms with van der Waals surface area (Å²) in [6.45, 7) is 7.28. The molecule has 2 N–H and O–H groups in total. The molecule has 4 fully saturated rings. The summed E-state index contributed by atoms with van der Waals surface area (Å²) >= 11 is 1.54. The summed E-state index contributed by atoms with van der Waals surface area (Å²) in [5.74, 6) is -0.480. The largest absolute Gasteiger partial charge is 0.496 e. The Kier molecular flexibility index (Phi) is 10.5. The van der Waals surface area contributed by atoms with E-state index in [0.29, 0.717) is 34.5 Å². The first-order valence-electron chi connectivity index (χ1n) is 20.2. The zero-order chi connectivity index (χ0) is 40.7. The van der Waals surface area contributed by atoms with Crippen LogP contribution in [0.1, 0.15) is 64.8 Å². The number of nitrogens with one attached hydrogen (secondary N) is 2. The molecule has 1 atom stereocenters. The molecule has 10 rings (SSSR count). The number of anilines is 3. The minimum Gasteiger partial charge on any atom is -0.496 e. The molecule has 5 aliphatic heterocycles. The number of likely N-dealkylation sites (tertiary alicyclic amines) is 1. The van der Waals surface area contributed by atoms with E-state index in [-0.39, 0.29) is 18.7 Å². The van der Waals surface area contributed by atoms with Crippen LogP contribution >= 0.6 is 11.9 Å². The Bertz CT molecular complexity index is 2400. The monoisotopic (exact) mass is 817 g/mol. The number of piperidine rings is 2. The van der Waals surface area contributed by atoms with E-state index in [4.69, 9.17) is 9.26 Å². The lowest BCUT2D eigenvalue weighted by atomic mass is 9.72. The van der Waals surface area contributed by atoms with Gasteiger partial charge in [0.25, 0.3) is 11.8 Å². The quantitative estimate of drug-likeness (QED) is 0.144. The summed E-state index contributed by atoms with van der Waals surface area (Å²) in [6, 6.07) is 19.0. The number of imide groups is 2. The maximum atomic E-state index is 12.7. The highest BCUT2D eigenvalue weighted by atomic mass is 32.2. The molecule has 1 spiro atoms. The zero-order valence-electron chi connectivity index (χ0n) is 33.2. The molecule has 16 heteroatoms. The Balaban J connectivity index is 0.000000163. The molecule has 3 aromatic carbocycles. The molecule has 0 saturated carbocycles. The fourth-order valence-electron chi connectivity index (χ4n) is 8.83. The van der Waals surface area contributed by atoms with Gasteiger partial charge in [0.1, 0.15) is 17.2 Å². The Morgan fingerprint density at radius 1 is 0.915 bits per heavy atom. The van der Waals surface area contributed by atoms with Crippen molar-refractivity contribution >= 4 is 63.7 Å². The van der Waals surface area contributed by atoms with Crippen molar-refractivity contribution in [2.24, 2.45) is 5.41 Å². The second kappa shape index (κ2) is 16.1. The lowest BCUT2D eigenvalue weighted by Crippen LogP contribution is -2.60. The van der Waals surface area contributed by atoms with Gasteiger partial charge in [-0.05, 0) is 124 Å². The van der Waals surface area contributed by atoms with E-state index in [9.17, 15) is 19.2 Å². The molecule has 0 aliphatic carbocycles. The van der Waals surface area contributed by atoms with Gasteiger partial charge in [0.2, 0.25) is 11.8 Å². The number of fused-ring (bicyclic) bond motifs is 2. The van der Waals surface area contributed by atoms with Crippen molar-refractivity contribution in [2.45, 2.75) is 56.0 Å². The maximum absolute atomic E-state index is 12.7. The molecule has 4 amide bonds. The predicted octanol–water partition coefficient (Wildman–Crippen LogP) is 5.42. The van der Waals surface area contributed by atoms with Crippen molar-refractivity contribution in [3.8, 4) is 5.75 Å². The molecule has 2 aromatic heterocycles. The lowest BCUT2D eigenvalue weighted by Gasteiger charge is -2.54. The van der Waals surface area contributed by atoms with Crippen molar-refractivity contribution in [1.29, 1.82) is 0 Å². The van der Waals surface area contributed by atoms with Crippen LogP contribution in [-0.2, 0) is 16.1 Å². The number of aromatic nitrogens is 3. The number of benzene rings is 3. The van der Waals surface area contributed by atoms with Crippen LogP contribution in [0.4, 0.5) is 17.2 Å². The third-order valence-electron chi connectivity index (χ3n) is 12.2. The molecule has 7 heterocycles. The zero-order valence-corrected chi connectivity index (χ0v) is 34.0. The van der Waals surface area contributed by atoms with Gasteiger partial charge in [0, 0.05) is 66.7 Å². The van der Waals surface area contributed by atoms with Crippen molar-refractivity contribution in [2.75, 3.05) is 67.9 Å². The molecule has 5 aromatic rings. The number of amides is 4. The Hall–Kier alpha value is -5.87. The van der Waals surface area contributed by atoms with E-state index in [1.807, 2.05) is 35.1 Å². The second-order valence-corrected chi connectivity index (χ2v) is 17.0. The van der Waals surface area contributed by atoms with Gasteiger partial charge in [-0.3, -0.25) is 34.1 Å². The average molecular weight is 818 g/mol. The van der Waals surface area contributed by atoms with Gasteiger partial charge in [-0.15, -0.1) is 0 Å². The molecule has 1 unspecified atom stereocenters. The van der Waals surface area contributed by atoms with Crippen LogP contribution in [-0.4, -0.2) is 108 Å². The average Bonchev–Trinajstić information content (AvgIpc) is 4.07. The Labute approximate surface area is 346 Å². The highest BCUT2D eigenvalue weighted by molar-refractivity contribution is 8.00. The normalized spacial score (nSPS) is 20.1. The Morgan fingerprint density at radius 2 is 1.69 bits per heavy atom. The highest BCUT2D eigenvalue weighted by Gasteiger charge is 2.46. The van der Waals surface area contributed by atoms with Crippen molar-refractivity contribution < 1.29 is 28.4 Å². The summed E-state index contributed by atoms with van der Waals surface area (Å²) < 4.78 is 16.6. The van der Waals surface area contributed by atoms with E-state index >= 15 is 0 Å². The fraction of sp³-hybridized carbons (Fsp3) is 0.395. The number of hydrogen-bond acceptors (Lipinski definition) is 13. The molecule has 4 saturated heterocycles. The van der Waals surface area contributed by atoms with Crippen molar-refractivity contribution in [3.63, 3.8) is 0 Å². The SMILES string of the molecule is COc1cc(Cn2cccn2)cc2onc(NSc3cccc(N4CC5(CCN(C)CC5)C4)c3)c12.O=C1CCC(N2C(=O)c3ccc(N4CCCC4)cc3C2=O)C(=O)N1. The third-order valence-corrected chi connectivity index (χ3v) is 12.9. The highest BCUT2D eigenvalue weighted by Crippen LogP contribution is 2.43. The number of ether oxygens (including phenoxy) is 1. The van der Waals surface area contributed by atoms with Crippen LogP contribution < -0.4 is 24.6 Å². The molecule has 306 valence electrons. The van der Waals surface area contributed by atoms with Crippen LogP contribution in [0, 0.1) is 5.41 Å². The fourth-order valence-corrected chi connectivity index (χ4v) is 9.51. The molecule has 0 bridgehead atoms. The van der Waals surface area contributed by atoms with E-state index in [2.05, 4.69) is 66.3 Å². The van der Waals surface area contributed by atoms with Gasteiger partial charge in [-0.2, -0.15) is 5.10 Å². The molecule has 5 aliphatic rings. The minimum atomic E-state index is -0.912. The molecule has 59 heavy (non-hydrogen) atoms.